The third kappa shape index (κ3) is 5.35. The van der Waals surface area contributed by atoms with E-state index < -0.39 is 12.1 Å². The van der Waals surface area contributed by atoms with Crippen molar-refractivity contribution in [2.45, 2.75) is 38.6 Å². The summed E-state index contributed by atoms with van der Waals surface area (Å²) in [5, 5.41) is 14.8. The molecule has 0 heterocycles. The fraction of sp³-hybridized carbons (Fsp3) is 0.250. The molecular formula is C28H28N2O5. The molecule has 35 heavy (non-hydrogen) atoms. The first-order valence-corrected chi connectivity index (χ1v) is 11.6. The maximum atomic E-state index is 12.4. The minimum atomic E-state index is -1.04. The van der Waals surface area contributed by atoms with Gasteiger partial charge in [-0.3, -0.25) is 4.79 Å². The highest BCUT2D eigenvalue weighted by Gasteiger charge is 2.29. The molecule has 1 aliphatic carbocycles. The number of carbonyl (C=O) groups is 3. The maximum Gasteiger partial charge on any atom is 0.407 e. The Hall–Kier alpha value is -4.13. The van der Waals surface area contributed by atoms with Crippen LogP contribution in [0.1, 0.15) is 52.7 Å². The summed E-state index contributed by atoms with van der Waals surface area (Å²) in [6.45, 7) is 3.69. The molecule has 0 fully saturated rings. The zero-order chi connectivity index (χ0) is 24.9. The lowest BCUT2D eigenvalue weighted by Crippen LogP contribution is -2.34. The van der Waals surface area contributed by atoms with Gasteiger partial charge in [0.15, 0.2) is 0 Å². The maximum absolute atomic E-state index is 12.4. The third-order valence-electron chi connectivity index (χ3n) is 6.35. The summed E-state index contributed by atoms with van der Waals surface area (Å²) in [6.07, 6.45) is 0.0553. The first kappa shape index (κ1) is 24.0. The van der Waals surface area contributed by atoms with E-state index >= 15 is 0 Å². The molecule has 4 rings (SSSR count). The number of ether oxygens (including phenoxy) is 1. The van der Waals surface area contributed by atoms with E-state index in [1.165, 1.54) is 17.2 Å². The van der Waals surface area contributed by atoms with E-state index in [-0.39, 0.29) is 36.5 Å². The minimum absolute atomic E-state index is 0.0148. The largest absolute Gasteiger partial charge is 0.478 e. The highest BCUT2D eigenvalue weighted by molar-refractivity contribution is 5.96. The molecule has 0 saturated carbocycles. The first-order valence-electron chi connectivity index (χ1n) is 11.6. The van der Waals surface area contributed by atoms with E-state index in [0.717, 1.165) is 11.1 Å². The second kappa shape index (κ2) is 10.4. The lowest BCUT2D eigenvalue weighted by molar-refractivity contribution is -0.116. The van der Waals surface area contributed by atoms with Crippen molar-refractivity contribution >= 4 is 23.7 Å². The zero-order valence-electron chi connectivity index (χ0n) is 19.7. The van der Waals surface area contributed by atoms with E-state index in [0.29, 0.717) is 17.7 Å². The van der Waals surface area contributed by atoms with E-state index in [1.807, 2.05) is 31.2 Å². The van der Waals surface area contributed by atoms with Gasteiger partial charge in [0.05, 0.1) is 5.56 Å². The molecule has 0 aromatic heterocycles. The van der Waals surface area contributed by atoms with Crippen LogP contribution in [-0.4, -0.2) is 35.7 Å². The first-order chi connectivity index (χ1) is 16.8. The van der Waals surface area contributed by atoms with Crippen LogP contribution in [0, 0.1) is 6.92 Å². The van der Waals surface area contributed by atoms with Crippen molar-refractivity contribution in [3.8, 4) is 11.1 Å². The molecule has 0 saturated heterocycles. The average Bonchev–Trinajstić information content (AvgIpc) is 3.16. The Kier molecular flexibility index (Phi) is 7.15. The SMILES string of the molecule is Cc1c(NC(=O)CCC(C)NC(=O)OCC2c3ccccc3-c3ccccc32)cccc1C(=O)O. The average molecular weight is 473 g/mol. The Bertz CT molecular complexity index is 1220. The van der Waals surface area contributed by atoms with Gasteiger partial charge in [-0.25, -0.2) is 9.59 Å². The Labute approximate surface area is 204 Å². The van der Waals surface area contributed by atoms with Gasteiger partial charge in [-0.15, -0.1) is 0 Å². The number of anilines is 1. The number of hydrogen-bond donors (Lipinski definition) is 3. The predicted molar refractivity (Wildman–Crippen MR) is 134 cm³/mol. The molecule has 0 aliphatic heterocycles. The zero-order valence-corrected chi connectivity index (χ0v) is 19.7. The number of amides is 2. The standard InChI is InChI=1S/C28H28N2O5/c1-17(14-15-26(31)30-25-13-7-12-19(18(25)2)27(32)33)29-28(34)35-16-24-22-10-5-3-8-20(22)21-9-4-6-11-23(21)24/h3-13,17,24H,14-16H2,1-2H3,(H,29,34)(H,30,31)(H,32,33). The second-order valence-electron chi connectivity index (χ2n) is 8.74. The minimum Gasteiger partial charge on any atom is -0.478 e. The van der Waals surface area contributed by atoms with E-state index in [4.69, 9.17) is 4.74 Å². The number of fused-ring (bicyclic) bond motifs is 3. The van der Waals surface area contributed by atoms with Crippen molar-refractivity contribution in [1.82, 2.24) is 5.32 Å². The van der Waals surface area contributed by atoms with Crippen LogP contribution in [0.3, 0.4) is 0 Å². The number of alkyl carbamates (subject to hydrolysis) is 1. The molecule has 7 heteroatoms. The van der Waals surface area contributed by atoms with Gasteiger partial charge < -0.3 is 20.5 Å². The molecule has 0 spiro atoms. The molecule has 2 amide bonds. The van der Waals surface area contributed by atoms with Gasteiger partial charge >= 0.3 is 12.1 Å². The summed E-state index contributed by atoms with van der Waals surface area (Å²) < 4.78 is 5.56. The Balaban J connectivity index is 1.26. The number of rotatable bonds is 8. The van der Waals surface area contributed by atoms with Crippen molar-refractivity contribution in [3.05, 3.63) is 89.0 Å². The fourth-order valence-electron chi connectivity index (χ4n) is 4.48. The normalized spacial score (nSPS) is 12.9. The quantitative estimate of drug-likeness (QED) is 0.411. The summed E-state index contributed by atoms with van der Waals surface area (Å²) in [5.74, 6) is -1.31. The molecule has 7 nitrogen and oxygen atoms in total. The topological polar surface area (TPSA) is 105 Å². The number of carboxylic acid groups (broad SMARTS) is 1. The van der Waals surface area contributed by atoms with Crippen LogP contribution in [0.2, 0.25) is 0 Å². The summed E-state index contributed by atoms with van der Waals surface area (Å²) in [4.78, 5) is 36.1. The smallest absolute Gasteiger partial charge is 0.407 e. The highest BCUT2D eigenvalue weighted by Crippen LogP contribution is 2.44. The number of hydrogen-bond acceptors (Lipinski definition) is 4. The van der Waals surface area contributed by atoms with E-state index in [9.17, 15) is 19.5 Å². The Morgan fingerprint density at radius 2 is 1.57 bits per heavy atom. The van der Waals surface area contributed by atoms with Crippen molar-refractivity contribution in [3.63, 3.8) is 0 Å². The predicted octanol–water partition coefficient (Wildman–Crippen LogP) is 5.34. The fourth-order valence-corrected chi connectivity index (χ4v) is 4.48. The van der Waals surface area contributed by atoms with Crippen LogP contribution in [0.25, 0.3) is 11.1 Å². The van der Waals surface area contributed by atoms with Crippen molar-refractivity contribution in [2.75, 3.05) is 11.9 Å². The van der Waals surface area contributed by atoms with Gasteiger partial charge in [-0.1, -0.05) is 54.6 Å². The summed E-state index contributed by atoms with van der Waals surface area (Å²) >= 11 is 0. The van der Waals surface area contributed by atoms with Gasteiger partial charge in [0, 0.05) is 24.1 Å². The molecule has 3 aromatic carbocycles. The van der Waals surface area contributed by atoms with Gasteiger partial charge in [-0.2, -0.15) is 0 Å². The number of benzene rings is 3. The van der Waals surface area contributed by atoms with Gasteiger partial charge in [0.2, 0.25) is 5.91 Å². The summed E-state index contributed by atoms with van der Waals surface area (Å²) in [7, 11) is 0. The molecule has 1 unspecified atom stereocenters. The molecule has 0 bridgehead atoms. The lowest BCUT2D eigenvalue weighted by Gasteiger charge is -2.17. The van der Waals surface area contributed by atoms with Crippen LogP contribution >= 0.6 is 0 Å². The van der Waals surface area contributed by atoms with Gasteiger partial charge in [-0.05, 0) is 60.2 Å². The summed E-state index contributed by atoms with van der Waals surface area (Å²) in [5.41, 5.74) is 5.74. The van der Waals surface area contributed by atoms with Crippen LogP contribution in [0.15, 0.2) is 66.7 Å². The van der Waals surface area contributed by atoms with Crippen LogP contribution in [0.4, 0.5) is 10.5 Å². The monoisotopic (exact) mass is 472 g/mol. The van der Waals surface area contributed by atoms with Gasteiger partial charge in [0.1, 0.15) is 6.61 Å². The molecule has 3 aromatic rings. The van der Waals surface area contributed by atoms with E-state index in [1.54, 1.807) is 19.1 Å². The third-order valence-corrected chi connectivity index (χ3v) is 6.35. The number of nitrogens with one attached hydrogen (secondary N) is 2. The number of carbonyl (C=O) groups excluding carboxylic acids is 2. The van der Waals surface area contributed by atoms with Crippen molar-refractivity contribution in [1.29, 1.82) is 0 Å². The lowest BCUT2D eigenvalue weighted by atomic mass is 9.98. The summed E-state index contributed by atoms with van der Waals surface area (Å²) in [6, 6.07) is 20.8. The molecule has 1 atom stereocenters. The molecule has 1 aliphatic rings. The van der Waals surface area contributed by atoms with Crippen molar-refractivity contribution < 1.29 is 24.2 Å². The van der Waals surface area contributed by atoms with Gasteiger partial charge in [0.25, 0.3) is 0 Å². The number of aromatic carboxylic acids is 1. The van der Waals surface area contributed by atoms with Crippen LogP contribution < -0.4 is 10.6 Å². The molecule has 180 valence electrons. The molecule has 0 radical (unpaired) electrons. The second-order valence-corrected chi connectivity index (χ2v) is 8.74. The molecule has 3 N–H and O–H groups in total. The van der Waals surface area contributed by atoms with Crippen molar-refractivity contribution in [2.24, 2.45) is 0 Å². The number of carboxylic acids is 1. The Morgan fingerprint density at radius 3 is 2.20 bits per heavy atom. The highest BCUT2D eigenvalue weighted by atomic mass is 16.5. The molecular weight excluding hydrogens is 444 g/mol. The van der Waals surface area contributed by atoms with E-state index in [2.05, 4.69) is 34.9 Å². The van der Waals surface area contributed by atoms with Crippen LogP contribution in [-0.2, 0) is 9.53 Å². The Morgan fingerprint density at radius 1 is 0.943 bits per heavy atom. The van der Waals surface area contributed by atoms with Crippen LogP contribution in [0.5, 0.6) is 0 Å².